The highest BCUT2D eigenvalue weighted by Gasteiger charge is 2.15. The third-order valence-electron chi connectivity index (χ3n) is 2.84. The Hall–Kier alpha value is -2.13. The fraction of sp³-hybridized carbons (Fsp3) is 0.0714. The van der Waals surface area contributed by atoms with Gasteiger partial charge < -0.3 is 4.98 Å². The first-order valence-electron chi connectivity index (χ1n) is 5.67. The van der Waals surface area contributed by atoms with Gasteiger partial charge in [-0.1, -0.05) is 35.4 Å². The summed E-state index contributed by atoms with van der Waals surface area (Å²) in [6.07, 6.45) is 6.09. The molecular formula is C14H14N3+. The van der Waals surface area contributed by atoms with E-state index in [1.54, 1.807) is 0 Å². The summed E-state index contributed by atoms with van der Waals surface area (Å²) in [5, 5.41) is 5.50. The lowest BCUT2D eigenvalue weighted by Crippen LogP contribution is -2.96. The standard InChI is InChI=1S/C14H13N3/c1-11-7-8-17(16-11)13-9-14(15-10-13)12-5-3-2-4-6-12/h2-10,15H,1H3/p+1. The van der Waals surface area contributed by atoms with E-state index in [0.717, 1.165) is 22.1 Å². The van der Waals surface area contributed by atoms with Crippen LogP contribution in [0.4, 0.5) is 5.69 Å². The highest BCUT2D eigenvalue weighted by Crippen LogP contribution is 2.19. The maximum Gasteiger partial charge on any atom is 0.180 e. The van der Waals surface area contributed by atoms with Gasteiger partial charge in [-0.25, -0.2) is 0 Å². The fourth-order valence-electron chi connectivity index (χ4n) is 1.95. The van der Waals surface area contributed by atoms with E-state index in [-0.39, 0.29) is 0 Å². The van der Waals surface area contributed by atoms with Crippen LogP contribution in [-0.4, -0.2) is 10.7 Å². The topological polar surface area (TPSA) is 32.6 Å². The number of aromatic nitrogens is 1. The molecule has 0 bridgehead atoms. The van der Waals surface area contributed by atoms with Gasteiger partial charge in [0.25, 0.3) is 0 Å². The van der Waals surface area contributed by atoms with Crippen molar-refractivity contribution in [3.8, 4) is 11.3 Å². The Labute approximate surface area is 100 Å². The molecule has 1 aliphatic rings. The van der Waals surface area contributed by atoms with E-state index in [1.165, 1.54) is 5.56 Å². The van der Waals surface area contributed by atoms with Gasteiger partial charge in [0.2, 0.25) is 0 Å². The van der Waals surface area contributed by atoms with Gasteiger partial charge in [-0.05, 0) is 12.5 Å². The smallest absolute Gasteiger partial charge is 0.180 e. The van der Waals surface area contributed by atoms with E-state index < -0.39 is 0 Å². The number of benzene rings is 1. The molecule has 1 aromatic heterocycles. The average Bonchev–Trinajstić information content (AvgIpc) is 2.98. The monoisotopic (exact) mass is 224 g/mol. The summed E-state index contributed by atoms with van der Waals surface area (Å²) >= 11 is 0. The first-order chi connectivity index (χ1) is 8.33. The number of rotatable bonds is 2. The largest absolute Gasteiger partial charge is 0.356 e. The predicted octanol–water partition coefficient (Wildman–Crippen LogP) is 2.10. The second-order valence-electron chi connectivity index (χ2n) is 4.14. The van der Waals surface area contributed by atoms with E-state index >= 15 is 0 Å². The molecule has 1 atom stereocenters. The summed E-state index contributed by atoms with van der Waals surface area (Å²) in [6.45, 7) is 2.01. The number of nitrogens with one attached hydrogen (secondary N) is 2. The third kappa shape index (κ3) is 1.92. The second-order valence-corrected chi connectivity index (χ2v) is 4.14. The molecule has 0 saturated heterocycles. The van der Waals surface area contributed by atoms with E-state index in [0.29, 0.717) is 0 Å². The summed E-state index contributed by atoms with van der Waals surface area (Å²) in [5.41, 5.74) is 4.52. The minimum Gasteiger partial charge on any atom is -0.356 e. The Bertz CT molecular complexity index is 579. The molecule has 0 saturated carbocycles. The van der Waals surface area contributed by atoms with Crippen LogP contribution in [0.1, 0.15) is 6.92 Å². The van der Waals surface area contributed by atoms with Gasteiger partial charge in [0.05, 0.1) is 17.6 Å². The van der Waals surface area contributed by atoms with Crippen LogP contribution in [-0.2, 0) is 0 Å². The molecule has 0 amide bonds. The lowest BCUT2D eigenvalue weighted by Gasteiger charge is -1.99. The van der Waals surface area contributed by atoms with Crippen molar-refractivity contribution in [2.45, 2.75) is 6.92 Å². The number of hydrogen-bond acceptors (Lipinski definition) is 1. The quantitative estimate of drug-likeness (QED) is 0.783. The van der Waals surface area contributed by atoms with Gasteiger partial charge in [-0.15, -0.1) is 5.01 Å². The Morgan fingerprint density at radius 3 is 2.71 bits per heavy atom. The summed E-state index contributed by atoms with van der Waals surface area (Å²) in [5.74, 6) is 0. The number of aromatic amines is 1. The Morgan fingerprint density at radius 2 is 2.00 bits per heavy atom. The zero-order chi connectivity index (χ0) is 11.7. The summed E-state index contributed by atoms with van der Waals surface area (Å²) in [7, 11) is 0. The molecule has 3 rings (SSSR count). The zero-order valence-corrected chi connectivity index (χ0v) is 9.64. The molecule has 2 heterocycles. The highest BCUT2D eigenvalue weighted by molar-refractivity contribution is 5.92. The molecule has 2 N–H and O–H groups in total. The van der Waals surface area contributed by atoms with Crippen molar-refractivity contribution in [3.63, 3.8) is 0 Å². The first-order valence-corrected chi connectivity index (χ1v) is 5.67. The molecule has 1 unspecified atom stereocenters. The van der Waals surface area contributed by atoms with Crippen LogP contribution in [0.2, 0.25) is 0 Å². The van der Waals surface area contributed by atoms with Crippen molar-refractivity contribution in [3.05, 3.63) is 54.9 Å². The van der Waals surface area contributed by atoms with Crippen LogP contribution in [0.5, 0.6) is 0 Å². The number of allylic oxidation sites excluding steroid dienone is 1. The predicted molar refractivity (Wildman–Crippen MR) is 69.1 cm³/mol. The summed E-state index contributed by atoms with van der Waals surface area (Å²) in [4.78, 5) is 3.29. The minimum absolute atomic E-state index is 1.03. The Kier molecular flexibility index (Phi) is 2.38. The van der Waals surface area contributed by atoms with Crippen LogP contribution in [0.15, 0.2) is 60.0 Å². The molecule has 0 radical (unpaired) electrons. The average molecular weight is 224 g/mol. The van der Waals surface area contributed by atoms with Crippen molar-refractivity contribution < 1.29 is 5.01 Å². The normalized spacial score (nSPS) is 18.4. The highest BCUT2D eigenvalue weighted by atomic mass is 15.5. The van der Waals surface area contributed by atoms with Gasteiger partial charge >= 0.3 is 0 Å². The SMILES string of the molecule is CC1=N[NH+](c2c[nH]c(-c3ccccc3)c2)C=C1. The van der Waals surface area contributed by atoms with Gasteiger partial charge in [-0.3, -0.25) is 0 Å². The Morgan fingerprint density at radius 1 is 1.18 bits per heavy atom. The van der Waals surface area contributed by atoms with Crippen molar-refractivity contribution in [1.29, 1.82) is 0 Å². The third-order valence-corrected chi connectivity index (χ3v) is 2.84. The number of H-pyrrole nitrogens is 1. The van der Waals surface area contributed by atoms with Gasteiger partial charge in [0.15, 0.2) is 5.69 Å². The Balaban J connectivity index is 1.92. The van der Waals surface area contributed by atoms with E-state index in [9.17, 15) is 0 Å². The molecule has 1 aliphatic heterocycles. The lowest BCUT2D eigenvalue weighted by atomic mass is 10.1. The molecule has 0 aliphatic carbocycles. The van der Waals surface area contributed by atoms with E-state index in [1.807, 2.05) is 43.6 Å². The van der Waals surface area contributed by atoms with Crippen LogP contribution < -0.4 is 5.01 Å². The van der Waals surface area contributed by atoms with Crippen molar-refractivity contribution in [2.75, 3.05) is 0 Å². The van der Waals surface area contributed by atoms with E-state index in [4.69, 9.17) is 0 Å². The molecule has 17 heavy (non-hydrogen) atoms. The van der Waals surface area contributed by atoms with Gasteiger partial charge in [0, 0.05) is 12.1 Å². The molecular weight excluding hydrogens is 210 g/mol. The molecule has 2 aromatic rings. The molecule has 3 nitrogen and oxygen atoms in total. The minimum atomic E-state index is 1.03. The number of nitrogens with zero attached hydrogens (tertiary/aromatic N) is 1. The van der Waals surface area contributed by atoms with Crippen LogP contribution >= 0.6 is 0 Å². The molecule has 84 valence electrons. The molecule has 0 fully saturated rings. The van der Waals surface area contributed by atoms with Crippen LogP contribution in [0, 0.1) is 0 Å². The zero-order valence-electron chi connectivity index (χ0n) is 9.64. The van der Waals surface area contributed by atoms with Crippen LogP contribution in [0.3, 0.4) is 0 Å². The van der Waals surface area contributed by atoms with Crippen molar-refractivity contribution in [1.82, 2.24) is 4.98 Å². The molecule has 3 heteroatoms. The molecule has 1 aromatic carbocycles. The summed E-state index contributed by atoms with van der Waals surface area (Å²) in [6, 6.07) is 12.4. The maximum atomic E-state index is 4.47. The number of hydrogen-bond donors (Lipinski definition) is 2. The summed E-state index contributed by atoms with van der Waals surface area (Å²) < 4.78 is 0. The van der Waals surface area contributed by atoms with E-state index in [2.05, 4.69) is 28.3 Å². The lowest BCUT2D eigenvalue weighted by molar-refractivity contribution is -0.779. The van der Waals surface area contributed by atoms with Gasteiger partial charge in [0.1, 0.15) is 6.20 Å². The maximum absolute atomic E-state index is 4.47. The van der Waals surface area contributed by atoms with Crippen molar-refractivity contribution >= 4 is 11.4 Å². The first kappa shape index (κ1) is 10.1. The molecule has 0 spiro atoms. The van der Waals surface area contributed by atoms with Crippen molar-refractivity contribution in [2.24, 2.45) is 5.10 Å². The van der Waals surface area contributed by atoms with Gasteiger partial charge in [-0.2, -0.15) is 0 Å². The number of quaternary nitrogens is 1. The second kappa shape index (κ2) is 4.03. The van der Waals surface area contributed by atoms with Crippen LogP contribution in [0.25, 0.3) is 11.3 Å². The fourth-order valence-corrected chi connectivity index (χ4v) is 1.95.